The summed E-state index contributed by atoms with van der Waals surface area (Å²) in [5, 5.41) is 8.98. The Balaban J connectivity index is 1.24. The molecule has 1 aliphatic carbocycles. The predicted octanol–water partition coefficient (Wildman–Crippen LogP) is 2.76. The standard InChI is InChI=1S/C23H24FN5O2/c24-19-3-1-10-26-22(19)23(8-2-9-23)31-15-21(30)28-13-17-5-6-18(14-28)29(17)20-7-4-16(11-25)12-27-20/h1,3-4,7,10,12,17-18H,2,5-6,8-9,13-15H2. The Kier molecular flexibility index (Phi) is 5.06. The van der Waals surface area contributed by atoms with Gasteiger partial charge in [-0.2, -0.15) is 5.26 Å². The van der Waals surface area contributed by atoms with Gasteiger partial charge in [0.25, 0.3) is 0 Å². The average Bonchev–Trinajstić information content (AvgIpc) is 3.03. The number of nitriles is 1. The first-order valence-corrected chi connectivity index (χ1v) is 10.8. The second kappa shape index (κ2) is 7.89. The van der Waals surface area contributed by atoms with Crippen molar-refractivity contribution in [3.8, 4) is 6.07 Å². The normalized spacial score (nSPS) is 23.9. The Labute approximate surface area is 180 Å². The van der Waals surface area contributed by atoms with Crippen LogP contribution in [0.2, 0.25) is 0 Å². The van der Waals surface area contributed by atoms with Gasteiger partial charge >= 0.3 is 0 Å². The van der Waals surface area contributed by atoms with Gasteiger partial charge in [0, 0.05) is 37.6 Å². The number of carbonyl (C=O) groups is 1. The second-order valence-electron chi connectivity index (χ2n) is 8.58. The number of pyridine rings is 2. The van der Waals surface area contributed by atoms with E-state index in [2.05, 4.69) is 20.9 Å². The molecule has 31 heavy (non-hydrogen) atoms. The van der Waals surface area contributed by atoms with Crippen molar-refractivity contribution in [1.82, 2.24) is 14.9 Å². The molecule has 0 N–H and O–H groups in total. The van der Waals surface area contributed by atoms with Crippen molar-refractivity contribution in [3.05, 3.63) is 53.7 Å². The molecule has 0 spiro atoms. The fraction of sp³-hybridized carbons (Fsp3) is 0.478. The largest absolute Gasteiger partial charge is 0.359 e. The summed E-state index contributed by atoms with van der Waals surface area (Å²) in [6.07, 6.45) is 7.45. The van der Waals surface area contributed by atoms with E-state index in [9.17, 15) is 9.18 Å². The summed E-state index contributed by atoms with van der Waals surface area (Å²) >= 11 is 0. The highest BCUT2D eigenvalue weighted by atomic mass is 19.1. The Hall–Kier alpha value is -3.05. The van der Waals surface area contributed by atoms with Gasteiger partial charge in [0.1, 0.15) is 35.6 Å². The second-order valence-corrected chi connectivity index (χ2v) is 8.58. The summed E-state index contributed by atoms with van der Waals surface area (Å²) in [5.41, 5.74) is 0.0657. The van der Waals surface area contributed by atoms with E-state index < -0.39 is 5.60 Å². The molecule has 1 saturated carbocycles. The first-order chi connectivity index (χ1) is 15.1. The molecule has 2 saturated heterocycles. The van der Waals surface area contributed by atoms with E-state index in [1.807, 2.05) is 11.0 Å². The van der Waals surface area contributed by atoms with Crippen LogP contribution in [0.5, 0.6) is 0 Å². The number of hydrogen-bond acceptors (Lipinski definition) is 6. The molecular weight excluding hydrogens is 397 g/mol. The van der Waals surface area contributed by atoms with Crippen LogP contribution in [0.15, 0.2) is 36.7 Å². The minimum absolute atomic E-state index is 0.0630. The molecule has 3 aliphatic rings. The zero-order valence-electron chi connectivity index (χ0n) is 17.2. The molecule has 5 rings (SSSR count). The highest BCUT2D eigenvalue weighted by molar-refractivity contribution is 5.78. The van der Waals surface area contributed by atoms with Crippen LogP contribution in [0.1, 0.15) is 43.4 Å². The van der Waals surface area contributed by atoms with Gasteiger partial charge in [-0.25, -0.2) is 9.37 Å². The lowest BCUT2D eigenvalue weighted by Gasteiger charge is -2.43. The molecular formula is C23H24FN5O2. The number of anilines is 1. The zero-order valence-corrected chi connectivity index (χ0v) is 17.2. The molecule has 4 heterocycles. The SMILES string of the molecule is N#Cc1ccc(N2C3CCC2CN(C(=O)COC2(c4ncccc4F)CCC2)C3)nc1. The maximum atomic E-state index is 14.3. The molecule has 2 aliphatic heterocycles. The number of hydrogen-bond donors (Lipinski definition) is 0. The number of nitrogens with zero attached hydrogens (tertiary/aromatic N) is 5. The number of piperazine rings is 1. The fourth-order valence-electron chi connectivity index (χ4n) is 5.05. The van der Waals surface area contributed by atoms with Crippen molar-refractivity contribution >= 4 is 11.7 Å². The van der Waals surface area contributed by atoms with Gasteiger partial charge in [-0.1, -0.05) is 0 Å². The Morgan fingerprint density at radius 2 is 2.00 bits per heavy atom. The molecule has 2 bridgehead atoms. The van der Waals surface area contributed by atoms with Crippen molar-refractivity contribution in [2.24, 2.45) is 0 Å². The van der Waals surface area contributed by atoms with Crippen LogP contribution in [-0.4, -0.2) is 52.6 Å². The third-order valence-electron chi connectivity index (χ3n) is 6.80. The molecule has 2 aromatic rings. The van der Waals surface area contributed by atoms with E-state index in [1.54, 1.807) is 24.5 Å². The molecule has 0 aromatic carbocycles. The lowest BCUT2D eigenvalue weighted by atomic mass is 9.77. The molecule has 8 heteroatoms. The Bertz CT molecular complexity index is 1000. The summed E-state index contributed by atoms with van der Waals surface area (Å²) < 4.78 is 20.3. The average molecular weight is 421 g/mol. The quantitative estimate of drug-likeness (QED) is 0.738. The first kappa shape index (κ1) is 19.9. The molecule has 7 nitrogen and oxygen atoms in total. The van der Waals surface area contributed by atoms with E-state index in [0.717, 1.165) is 25.1 Å². The van der Waals surface area contributed by atoms with Crippen LogP contribution < -0.4 is 4.90 Å². The van der Waals surface area contributed by atoms with Gasteiger partial charge in [0.15, 0.2) is 0 Å². The number of aromatic nitrogens is 2. The summed E-state index contributed by atoms with van der Waals surface area (Å²) in [4.78, 5) is 25.7. The van der Waals surface area contributed by atoms with Gasteiger partial charge in [-0.15, -0.1) is 0 Å². The maximum absolute atomic E-state index is 14.3. The molecule has 2 atom stereocenters. The van der Waals surface area contributed by atoms with Gasteiger partial charge in [0.05, 0.1) is 5.56 Å². The molecule has 160 valence electrons. The number of halogens is 1. The molecule has 2 aromatic heterocycles. The number of fused-ring (bicyclic) bond motifs is 2. The van der Waals surface area contributed by atoms with E-state index in [0.29, 0.717) is 37.2 Å². The predicted molar refractivity (Wildman–Crippen MR) is 110 cm³/mol. The van der Waals surface area contributed by atoms with Crippen LogP contribution in [0, 0.1) is 17.1 Å². The zero-order chi connectivity index (χ0) is 21.4. The van der Waals surface area contributed by atoms with Gasteiger partial charge in [-0.3, -0.25) is 9.78 Å². The first-order valence-electron chi connectivity index (χ1n) is 10.8. The van der Waals surface area contributed by atoms with Crippen LogP contribution in [-0.2, 0) is 15.1 Å². The monoisotopic (exact) mass is 421 g/mol. The fourth-order valence-corrected chi connectivity index (χ4v) is 5.05. The lowest BCUT2D eigenvalue weighted by Crippen LogP contribution is -2.56. The minimum Gasteiger partial charge on any atom is -0.359 e. The van der Waals surface area contributed by atoms with Crippen molar-refractivity contribution in [3.63, 3.8) is 0 Å². The third-order valence-corrected chi connectivity index (χ3v) is 6.80. The summed E-state index contributed by atoms with van der Waals surface area (Å²) in [7, 11) is 0. The number of ether oxygens (including phenoxy) is 1. The van der Waals surface area contributed by atoms with Crippen LogP contribution in [0.25, 0.3) is 0 Å². The Morgan fingerprint density at radius 1 is 1.23 bits per heavy atom. The van der Waals surface area contributed by atoms with Gasteiger partial charge in [0.2, 0.25) is 5.91 Å². The molecule has 1 amide bonds. The van der Waals surface area contributed by atoms with Crippen molar-refractivity contribution < 1.29 is 13.9 Å². The maximum Gasteiger partial charge on any atom is 0.248 e. The number of rotatable bonds is 5. The van der Waals surface area contributed by atoms with Crippen LogP contribution in [0.3, 0.4) is 0 Å². The number of amides is 1. The highest BCUT2D eigenvalue weighted by Gasteiger charge is 2.45. The summed E-state index contributed by atoms with van der Waals surface area (Å²) in [6, 6.07) is 9.11. The number of likely N-dealkylation sites (tertiary alicyclic amines) is 1. The third kappa shape index (κ3) is 3.53. The van der Waals surface area contributed by atoms with Crippen molar-refractivity contribution in [2.75, 3.05) is 24.6 Å². The van der Waals surface area contributed by atoms with Crippen LogP contribution in [0.4, 0.5) is 10.2 Å². The molecule has 3 fully saturated rings. The summed E-state index contributed by atoms with van der Waals surface area (Å²) in [5.74, 6) is 0.414. The van der Waals surface area contributed by atoms with Crippen molar-refractivity contribution in [1.29, 1.82) is 5.26 Å². The van der Waals surface area contributed by atoms with E-state index in [-0.39, 0.29) is 30.4 Å². The number of carbonyl (C=O) groups excluding carboxylic acids is 1. The molecule has 2 unspecified atom stereocenters. The topological polar surface area (TPSA) is 82.4 Å². The van der Waals surface area contributed by atoms with Crippen LogP contribution >= 0.6 is 0 Å². The highest BCUT2D eigenvalue weighted by Crippen LogP contribution is 2.44. The smallest absolute Gasteiger partial charge is 0.248 e. The summed E-state index contributed by atoms with van der Waals surface area (Å²) in [6.45, 7) is 1.17. The van der Waals surface area contributed by atoms with Crippen molar-refractivity contribution in [2.45, 2.75) is 49.8 Å². The minimum atomic E-state index is -0.784. The Morgan fingerprint density at radius 3 is 2.58 bits per heavy atom. The van der Waals surface area contributed by atoms with E-state index in [4.69, 9.17) is 10.00 Å². The molecule has 0 radical (unpaired) electrons. The van der Waals surface area contributed by atoms with Gasteiger partial charge < -0.3 is 14.5 Å². The van der Waals surface area contributed by atoms with E-state index >= 15 is 0 Å². The lowest BCUT2D eigenvalue weighted by molar-refractivity contribution is -0.155. The van der Waals surface area contributed by atoms with Gasteiger partial charge in [-0.05, 0) is 56.4 Å². The van der Waals surface area contributed by atoms with E-state index in [1.165, 1.54) is 6.07 Å².